The summed E-state index contributed by atoms with van der Waals surface area (Å²) >= 11 is 0. The summed E-state index contributed by atoms with van der Waals surface area (Å²) in [4.78, 5) is 38.3. The third-order valence-electron chi connectivity index (χ3n) is 5.27. The molecule has 4 rings (SSSR count). The Morgan fingerprint density at radius 1 is 1.34 bits per heavy atom. The van der Waals surface area contributed by atoms with Crippen LogP contribution in [0, 0.1) is 11.3 Å². The highest BCUT2D eigenvalue weighted by Crippen LogP contribution is 2.34. The van der Waals surface area contributed by atoms with Crippen molar-refractivity contribution in [3.05, 3.63) is 42.1 Å². The first-order valence-corrected chi connectivity index (χ1v) is 10.3. The molecular formula is C22H24N6O4. The van der Waals surface area contributed by atoms with Gasteiger partial charge in [-0.2, -0.15) is 5.10 Å². The number of benzene rings is 1. The molecule has 1 aromatic carbocycles. The van der Waals surface area contributed by atoms with Crippen molar-refractivity contribution >= 4 is 35.5 Å². The van der Waals surface area contributed by atoms with E-state index in [2.05, 4.69) is 22.3 Å². The lowest BCUT2D eigenvalue weighted by Crippen LogP contribution is -2.46. The van der Waals surface area contributed by atoms with Gasteiger partial charge in [-0.1, -0.05) is 12.6 Å². The van der Waals surface area contributed by atoms with E-state index in [4.69, 9.17) is 10.1 Å². The highest BCUT2D eigenvalue weighted by molar-refractivity contribution is 6.01. The van der Waals surface area contributed by atoms with Crippen LogP contribution in [0.5, 0.6) is 0 Å². The van der Waals surface area contributed by atoms with E-state index in [1.165, 1.54) is 15.8 Å². The molecule has 1 saturated carbocycles. The highest BCUT2D eigenvalue weighted by atomic mass is 16.5. The number of hydrogen-bond acceptors (Lipinski definition) is 6. The summed E-state index contributed by atoms with van der Waals surface area (Å²) in [7, 11) is 0. The SMILES string of the molecule is C=C1CN(CNC(=O)OCC)C(=O)c2cc(-c3ccc(C=N)cc3NC(=O)C3CC3)nn21. The van der Waals surface area contributed by atoms with Crippen LogP contribution >= 0.6 is 0 Å². The van der Waals surface area contributed by atoms with Crippen molar-refractivity contribution in [2.24, 2.45) is 5.92 Å². The van der Waals surface area contributed by atoms with Gasteiger partial charge >= 0.3 is 6.09 Å². The second-order valence-corrected chi connectivity index (χ2v) is 7.66. The van der Waals surface area contributed by atoms with Gasteiger partial charge in [-0.05, 0) is 43.5 Å². The quantitative estimate of drug-likeness (QED) is 0.575. The van der Waals surface area contributed by atoms with Crippen LogP contribution in [-0.4, -0.2) is 58.6 Å². The van der Waals surface area contributed by atoms with Gasteiger partial charge in [0.15, 0.2) is 0 Å². The molecule has 2 aliphatic rings. The van der Waals surface area contributed by atoms with E-state index in [1.807, 2.05) is 0 Å². The molecule has 0 unspecified atom stereocenters. The van der Waals surface area contributed by atoms with Gasteiger partial charge in [-0.15, -0.1) is 0 Å². The minimum Gasteiger partial charge on any atom is -0.450 e. The van der Waals surface area contributed by atoms with Crippen LogP contribution in [-0.2, 0) is 9.53 Å². The van der Waals surface area contributed by atoms with Crippen molar-refractivity contribution in [1.29, 1.82) is 5.41 Å². The third-order valence-corrected chi connectivity index (χ3v) is 5.27. The maximum atomic E-state index is 13.0. The first-order valence-electron chi connectivity index (χ1n) is 10.3. The van der Waals surface area contributed by atoms with E-state index in [1.54, 1.807) is 31.2 Å². The van der Waals surface area contributed by atoms with Gasteiger partial charge in [-0.3, -0.25) is 9.59 Å². The highest BCUT2D eigenvalue weighted by Gasteiger charge is 2.32. The number of ether oxygens (including phenoxy) is 1. The summed E-state index contributed by atoms with van der Waals surface area (Å²) in [5, 5.41) is 17.5. The van der Waals surface area contributed by atoms with Gasteiger partial charge in [0.2, 0.25) is 5.91 Å². The zero-order valence-corrected chi connectivity index (χ0v) is 17.7. The molecule has 10 heteroatoms. The number of rotatable bonds is 7. The largest absolute Gasteiger partial charge is 0.450 e. The minimum absolute atomic E-state index is 0.0171. The van der Waals surface area contributed by atoms with E-state index >= 15 is 0 Å². The summed E-state index contributed by atoms with van der Waals surface area (Å²) in [5.74, 6) is -0.356. The van der Waals surface area contributed by atoms with Crippen molar-refractivity contribution in [1.82, 2.24) is 20.0 Å². The van der Waals surface area contributed by atoms with E-state index in [0.717, 1.165) is 12.8 Å². The van der Waals surface area contributed by atoms with Gasteiger partial charge < -0.3 is 25.7 Å². The zero-order chi connectivity index (χ0) is 22.8. The number of amides is 3. The Labute approximate surface area is 184 Å². The Bertz CT molecular complexity index is 1120. The summed E-state index contributed by atoms with van der Waals surface area (Å²) in [5.41, 5.74) is 3.19. The topological polar surface area (TPSA) is 129 Å². The molecule has 166 valence electrons. The smallest absolute Gasteiger partial charge is 0.408 e. The molecular weight excluding hydrogens is 412 g/mol. The van der Waals surface area contributed by atoms with Crippen LogP contribution in [0.1, 0.15) is 35.8 Å². The number of fused-ring (bicyclic) bond motifs is 1. The van der Waals surface area contributed by atoms with Crippen molar-refractivity contribution in [2.45, 2.75) is 19.8 Å². The van der Waals surface area contributed by atoms with Gasteiger partial charge in [0.25, 0.3) is 5.91 Å². The van der Waals surface area contributed by atoms with Crippen molar-refractivity contribution in [3.8, 4) is 11.3 Å². The number of alkyl carbamates (subject to hydrolysis) is 1. The summed E-state index contributed by atoms with van der Waals surface area (Å²) < 4.78 is 6.31. The number of carbonyl (C=O) groups excluding carboxylic acids is 3. The number of aromatic nitrogens is 2. The van der Waals surface area contributed by atoms with Crippen molar-refractivity contribution in [3.63, 3.8) is 0 Å². The zero-order valence-electron chi connectivity index (χ0n) is 17.7. The lowest BCUT2D eigenvalue weighted by Gasteiger charge is -2.28. The third kappa shape index (κ3) is 4.25. The lowest BCUT2D eigenvalue weighted by molar-refractivity contribution is -0.117. The molecule has 3 N–H and O–H groups in total. The Balaban J connectivity index is 1.62. The molecule has 0 saturated heterocycles. The second kappa shape index (κ2) is 8.66. The van der Waals surface area contributed by atoms with Crippen LogP contribution in [0.4, 0.5) is 10.5 Å². The Kier molecular flexibility index (Phi) is 5.76. The van der Waals surface area contributed by atoms with E-state index < -0.39 is 6.09 Å². The van der Waals surface area contributed by atoms with E-state index in [-0.39, 0.29) is 37.6 Å². The predicted octanol–water partition coefficient (Wildman–Crippen LogP) is 2.53. The number of hydrogen-bond donors (Lipinski definition) is 3. The van der Waals surface area contributed by atoms with Crippen LogP contribution in [0.25, 0.3) is 17.0 Å². The van der Waals surface area contributed by atoms with Crippen LogP contribution in [0.3, 0.4) is 0 Å². The Hall–Kier alpha value is -3.95. The minimum atomic E-state index is -0.604. The number of nitrogens with one attached hydrogen (secondary N) is 3. The molecule has 3 amide bonds. The second-order valence-electron chi connectivity index (χ2n) is 7.66. The maximum Gasteiger partial charge on any atom is 0.408 e. The van der Waals surface area contributed by atoms with Gasteiger partial charge in [0.1, 0.15) is 5.69 Å². The molecule has 0 bridgehead atoms. The van der Waals surface area contributed by atoms with E-state index in [9.17, 15) is 14.4 Å². The number of carbonyl (C=O) groups is 3. The average Bonchev–Trinajstić information content (AvgIpc) is 3.54. The summed E-state index contributed by atoms with van der Waals surface area (Å²) in [6.45, 7) is 6.11. The fourth-order valence-electron chi connectivity index (χ4n) is 3.46. The fraction of sp³-hybridized carbons (Fsp3) is 0.318. The van der Waals surface area contributed by atoms with Crippen molar-refractivity contribution < 1.29 is 19.1 Å². The van der Waals surface area contributed by atoms with Gasteiger partial charge in [-0.25, -0.2) is 9.48 Å². The predicted molar refractivity (Wildman–Crippen MR) is 118 cm³/mol. The average molecular weight is 436 g/mol. The molecule has 0 spiro atoms. The molecule has 10 nitrogen and oxygen atoms in total. The van der Waals surface area contributed by atoms with Gasteiger partial charge in [0, 0.05) is 17.7 Å². The summed E-state index contributed by atoms with van der Waals surface area (Å²) in [6, 6.07) is 6.87. The molecule has 0 radical (unpaired) electrons. The van der Waals surface area contributed by atoms with E-state index in [0.29, 0.717) is 33.9 Å². The Morgan fingerprint density at radius 3 is 2.81 bits per heavy atom. The molecule has 1 aliphatic heterocycles. The van der Waals surface area contributed by atoms with Crippen LogP contribution in [0.15, 0.2) is 30.8 Å². The fourth-order valence-corrected chi connectivity index (χ4v) is 3.46. The molecule has 1 aromatic heterocycles. The standard InChI is InChI=1S/C22H24N6O4/c1-3-32-22(31)24-12-27-11-13(2)28-19(21(27)30)9-18(26-28)16-7-4-14(10-23)8-17(16)25-20(29)15-5-6-15/h4,7-10,15,23H,2-3,5-6,11-12H2,1H3,(H,24,31)(H,25,29). The molecule has 2 heterocycles. The molecule has 1 aliphatic carbocycles. The summed E-state index contributed by atoms with van der Waals surface area (Å²) in [6.07, 6.45) is 2.34. The van der Waals surface area contributed by atoms with Crippen LogP contribution in [0.2, 0.25) is 0 Å². The maximum absolute atomic E-state index is 13.0. The molecule has 1 fully saturated rings. The molecule has 0 atom stereocenters. The first-order chi connectivity index (χ1) is 15.4. The number of nitrogens with zero attached hydrogens (tertiary/aromatic N) is 3. The van der Waals surface area contributed by atoms with Gasteiger partial charge in [0.05, 0.1) is 36.9 Å². The van der Waals surface area contributed by atoms with Crippen LogP contribution < -0.4 is 10.6 Å². The normalized spacial score (nSPS) is 15.2. The van der Waals surface area contributed by atoms with Crippen molar-refractivity contribution in [2.75, 3.05) is 25.1 Å². The monoisotopic (exact) mass is 436 g/mol. The number of anilines is 1. The lowest BCUT2D eigenvalue weighted by atomic mass is 10.1. The molecule has 2 aromatic rings. The first kappa shape index (κ1) is 21.3. The molecule has 32 heavy (non-hydrogen) atoms. The Morgan fingerprint density at radius 2 is 2.12 bits per heavy atom.